The second kappa shape index (κ2) is 11.6. The summed E-state index contributed by atoms with van der Waals surface area (Å²) in [5.74, 6) is 1.05. The predicted octanol–water partition coefficient (Wildman–Crippen LogP) is 8.06. The molecule has 6 aromatic carbocycles. The number of aromatic hydroxyl groups is 3. The Balaban J connectivity index is 0.000000141. The van der Waals surface area contributed by atoms with Gasteiger partial charge in [0.1, 0.15) is 17.2 Å². The average molecular weight is 469 g/mol. The highest BCUT2D eigenvalue weighted by atomic mass is 35.5. The van der Waals surface area contributed by atoms with E-state index in [-0.39, 0.29) is 12.4 Å². The number of phenolic OH excluding ortho intramolecular Hbond substituents is 3. The lowest BCUT2D eigenvalue weighted by atomic mass is 10.1. The second-order valence-electron chi connectivity index (χ2n) is 7.49. The lowest BCUT2D eigenvalue weighted by Crippen LogP contribution is -1.70. The number of halogens is 1. The van der Waals surface area contributed by atoms with Gasteiger partial charge in [0.05, 0.1) is 0 Å². The first-order chi connectivity index (χ1) is 16.1. The number of hydrogen-bond donors (Lipinski definition) is 3. The minimum Gasteiger partial charge on any atom is -0.507 e. The van der Waals surface area contributed by atoms with Crippen LogP contribution in [-0.4, -0.2) is 15.3 Å². The van der Waals surface area contributed by atoms with Crippen LogP contribution in [0.25, 0.3) is 32.3 Å². The van der Waals surface area contributed by atoms with Gasteiger partial charge in [-0.2, -0.15) is 0 Å². The summed E-state index contributed by atoms with van der Waals surface area (Å²) in [5.41, 5.74) is 0. The highest BCUT2D eigenvalue weighted by molar-refractivity contribution is 5.89. The van der Waals surface area contributed by atoms with Crippen LogP contribution in [0.15, 0.2) is 127 Å². The topological polar surface area (TPSA) is 60.7 Å². The SMILES string of the molecule is Cl.Oc1cccc2ccccc12.Oc1cccc2ccccc12.Oc1cccc2ccccc12. The standard InChI is InChI=1S/3C10H8O.ClH/c3*11-10-7-3-5-8-4-1-2-6-9(8)10;/h3*1-7,11H;1H. The van der Waals surface area contributed by atoms with Gasteiger partial charge in [0, 0.05) is 16.2 Å². The molecule has 0 saturated carbocycles. The fraction of sp³-hybridized carbons (Fsp3) is 0. The van der Waals surface area contributed by atoms with Gasteiger partial charge in [-0.3, -0.25) is 0 Å². The van der Waals surface area contributed by atoms with Crippen LogP contribution in [-0.2, 0) is 0 Å². The van der Waals surface area contributed by atoms with Gasteiger partial charge in [0.15, 0.2) is 0 Å². The van der Waals surface area contributed by atoms with E-state index in [1.807, 2.05) is 109 Å². The summed E-state index contributed by atoms with van der Waals surface area (Å²) in [6.45, 7) is 0. The Morgan fingerprint density at radius 3 is 0.794 bits per heavy atom. The van der Waals surface area contributed by atoms with Crippen LogP contribution in [0.5, 0.6) is 17.2 Å². The molecule has 0 fully saturated rings. The van der Waals surface area contributed by atoms with Crippen molar-refractivity contribution in [2.45, 2.75) is 0 Å². The summed E-state index contributed by atoms with van der Waals surface area (Å²) in [5, 5.41) is 34.1. The summed E-state index contributed by atoms with van der Waals surface area (Å²) in [6, 6.07) is 39.9. The molecule has 6 rings (SSSR count). The molecule has 0 aromatic heterocycles. The monoisotopic (exact) mass is 468 g/mol. The summed E-state index contributed by atoms with van der Waals surface area (Å²) >= 11 is 0. The molecule has 0 unspecified atom stereocenters. The van der Waals surface area contributed by atoms with Crippen molar-refractivity contribution in [2.75, 3.05) is 0 Å². The zero-order chi connectivity index (χ0) is 23.0. The fourth-order valence-electron chi connectivity index (χ4n) is 3.62. The molecule has 0 radical (unpaired) electrons. The van der Waals surface area contributed by atoms with Gasteiger partial charge in [0.2, 0.25) is 0 Å². The van der Waals surface area contributed by atoms with Gasteiger partial charge in [-0.25, -0.2) is 0 Å². The Kier molecular flexibility index (Phi) is 8.33. The van der Waals surface area contributed by atoms with E-state index in [0.717, 1.165) is 32.3 Å². The van der Waals surface area contributed by atoms with Crippen molar-refractivity contribution in [1.29, 1.82) is 0 Å². The lowest BCUT2D eigenvalue weighted by Gasteiger charge is -1.97. The molecule has 0 saturated heterocycles. The maximum absolute atomic E-state index is 9.37. The van der Waals surface area contributed by atoms with E-state index in [9.17, 15) is 15.3 Å². The van der Waals surface area contributed by atoms with Crippen molar-refractivity contribution < 1.29 is 15.3 Å². The van der Waals surface area contributed by atoms with Crippen LogP contribution in [0, 0.1) is 0 Å². The Hall–Kier alpha value is -4.21. The molecule has 3 N–H and O–H groups in total. The van der Waals surface area contributed by atoms with Crippen molar-refractivity contribution >= 4 is 44.7 Å². The first-order valence-electron chi connectivity index (χ1n) is 10.6. The highest BCUT2D eigenvalue weighted by Gasteiger charge is 1.96. The van der Waals surface area contributed by atoms with Crippen LogP contribution in [0.3, 0.4) is 0 Å². The van der Waals surface area contributed by atoms with Crippen LogP contribution in [0.1, 0.15) is 0 Å². The fourth-order valence-corrected chi connectivity index (χ4v) is 3.62. The summed E-state index contributed by atoms with van der Waals surface area (Å²) in [6.07, 6.45) is 0. The Morgan fingerprint density at radius 1 is 0.294 bits per heavy atom. The summed E-state index contributed by atoms with van der Waals surface area (Å²) < 4.78 is 0. The molecule has 0 aliphatic carbocycles. The molecule has 0 bridgehead atoms. The van der Waals surface area contributed by atoms with Crippen molar-refractivity contribution in [1.82, 2.24) is 0 Å². The van der Waals surface area contributed by atoms with Gasteiger partial charge in [0.25, 0.3) is 0 Å². The number of phenols is 3. The highest BCUT2D eigenvalue weighted by Crippen LogP contribution is 2.24. The minimum atomic E-state index is 0. The van der Waals surface area contributed by atoms with Crippen molar-refractivity contribution in [2.24, 2.45) is 0 Å². The van der Waals surface area contributed by atoms with Crippen LogP contribution in [0.2, 0.25) is 0 Å². The van der Waals surface area contributed by atoms with E-state index in [0.29, 0.717) is 17.2 Å². The Bertz CT molecular complexity index is 1310. The normalized spacial score (nSPS) is 9.88. The molecule has 0 spiro atoms. The predicted molar refractivity (Wildman–Crippen MR) is 144 cm³/mol. The lowest BCUT2D eigenvalue weighted by molar-refractivity contribution is 0.481. The van der Waals surface area contributed by atoms with Gasteiger partial charge in [-0.15, -0.1) is 12.4 Å². The molecule has 0 aliphatic heterocycles. The van der Waals surface area contributed by atoms with E-state index in [1.165, 1.54) is 0 Å². The number of fused-ring (bicyclic) bond motifs is 3. The molecule has 6 aromatic rings. The third kappa shape index (κ3) is 5.77. The molecule has 34 heavy (non-hydrogen) atoms. The van der Waals surface area contributed by atoms with Crippen LogP contribution >= 0.6 is 12.4 Å². The van der Waals surface area contributed by atoms with Crippen LogP contribution in [0.4, 0.5) is 0 Å². The molecule has 0 atom stereocenters. The zero-order valence-corrected chi connectivity index (χ0v) is 19.2. The number of benzene rings is 6. The van der Waals surface area contributed by atoms with Crippen molar-refractivity contribution in [3.63, 3.8) is 0 Å². The first-order valence-corrected chi connectivity index (χ1v) is 10.6. The smallest absolute Gasteiger partial charge is 0.123 e. The maximum atomic E-state index is 9.37. The van der Waals surface area contributed by atoms with Gasteiger partial charge in [-0.1, -0.05) is 109 Å². The number of hydrogen-bond acceptors (Lipinski definition) is 3. The zero-order valence-electron chi connectivity index (χ0n) is 18.4. The molecule has 0 amide bonds. The Morgan fingerprint density at radius 2 is 0.529 bits per heavy atom. The van der Waals surface area contributed by atoms with Crippen LogP contribution < -0.4 is 0 Å². The molecular weight excluding hydrogens is 444 g/mol. The molecule has 4 heteroatoms. The van der Waals surface area contributed by atoms with E-state index >= 15 is 0 Å². The van der Waals surface area contributed by atoms with E-state index in [1.54, 1.807) is 18.2 Å². The van der Waals surface area contributed by atoms with E-state index < -0.39 is 0 Å². The first kappa shape index (κ1) is 24.4. The molecule has 3 nitrogen and oxygen atoms in total. The molecule has 0 heterocycles. The second-order valence-corrected chi connectivity index (χ2v) is 7.49. The summed E-state index contributed by atoms with van der Waals surface area (Å²) in [7, 11) is 0. The van der Waals surface area contributed by atoms with Crippen molar-refractivity contribution in [3.05, 3.63) is 127 Å². The summed E-state index contributed by atoms with van der Waals surface area (Å²) in [4.78, 5) is 0. The van der Waals surface area contributed by atoms with E-state index in [2.05, 4.69) is 0 Å². The van der Waals surface area contributed by atoms with E-state index in [4.69, 9.17) is 0 Å². The minimum absolute atomic E-state index is 0. The Labute approximate surface area is 204 Å². The molecule has 170 valence electrons. The van der Waals surface area contributed by atoms with Gasteiger partial charge in [-0.05, 0) is 34.4 Å². The van der Waals surface area contributed by atoms with Crippen molar-refractivity contribution in [3.8, 4) is 17.2 Å². The third-order valence-electron chi connectivity index (χ3n) is 5.30. The maximum Gasteiger partial charge on any atom is 0.123 e. The third-order valence-corrected chi connectivity index (χ3v) is 5.30. The number of rotatable bonds is 0. The largest absolute Gasteiger partial charge is 0.507 e. The van der Waals surface area contributed by atoms with Gasteiger partial charge < -0.3 is 15.3 Å². The molecular formula is C30H25ClO3. The van der Waals surface area contributed by atoms with Gasteiger partial charge >= 0.3 is 0 Å². The quantitative estimate of drug-likeness (QED) is 0.211. The average Bonchev–Trinajstić information content (AvgIpc) is 2.86. The molecule has 0 aliphatic rings.